The molecule has 3 nitrogen and oxygen atoms in total. The van der Waals surface area contributed by atoms with Crippen molar-refractivity contribution >= 4 is 5.91 Å². The Kier molecular flexibility index (Phi) is 5.80. The van der Waals surface area contributed by atoms with Crippen LogP contribution in [-0.4, -0.2) is 36.5 Å². The quantitative estimate of drug-likeness (QED) is 0.903. The van der Waals surface area contributed by atoms with Gasteiger partial charge in [-0.1, -0.05) is 44.2 Å². The van der Waals surface area contributed by atoms with Crippen molar-refractivity contribution in [3.05, 3.63) is 35.9 Å². The molecule has 0 aromatic heterocycles. The number of nitrogens with one attached hydrogen (secondary N) is 1. The Labute approximate surface area is 128 Å². The van der Waals surface area contributed by atoms with Crippen molar-refractivity contribution in [2.45, 2.75) is 45.6 Å². The number of rotatable bonds is 5. The lowest BCUT2D eigenvalue weighted by atomic mass is 9.94. The lowest BCUT2D eigenvalue weighted by Crippen LogP contribution is -2.45. The zero-order valence-electron chi connectivity index (χ0n) is 13.5. The number of piperidine rings is 1. The molecule has 0 aliphatic carbocycles. The summed E-state index contributed by atoms with van der Waals surface area (Å²) in [6.07, 6.45) is 2.35. The number of carbonyl (C=O) groups is 1. The maximum absolute atomic E-state index is 12.7. The first-order chi connectivity index (χ1) is 10.1. The minimum absolute atomic E-state index is 0.0389. The summed E-state index contributed by atoms with van der Waals surface area (Å²) in [6.45, 7) is 9.19. The van der Waals surface area contributed by atoms with Crippen LogP contribution in [0.3, 0.4) is 0 Å². The summed E-state index contributed by atoms with van der Waals surface area (Å²) >= 11 is 0. The largest absolute Gasteiger partial charge is 0.342 e. The van der Waals surface area contributed by atoms with Crippen molar-refractivity contribution in [3.63, 3.8) is 0 Å². The third-order valence-corrected chi connectivity index (χ3v) is 4.32. The van der Waals surface area contributed by atoms with Crippen LogP contribution in [0.25, 0.3) is 0 Å². The maximum Gasteiger partial charge on any atom is 0.229 e. The van der Waals surface area contributed by atoms with E-state index in [2.05, 4.69) is 24.1 Å². The van der Waals surface area contributed by atoms with Gasteiger partial charge >= 0.3 is 0 Å². The van der Waals surface area contributed by atoms with E-state index in [-0.39, 0.29) is 11.8 Å². The molecule has 2 rings (SSSR count). The number of benzene rings is 1. The first kappa shape index (κ1) is 16.0. The number of carbonyl (C=O) groups excluding carboxylic acids is 1. The number of nitrogens with zero attached hydrogens (tertiary/aromatic N) is 1. The molecule has 1 aromatic rings. The van der Waals surface area contributed by atoms with Crippen LogP contribution in [0, 0.1) is 5.92 Å². The minimum Gasteiger partial charge on any atom is -0.342 e. The van der Waals surface area contributed by atoms with E-state index >= 15 is 0 Å². The highest BCUT2D eigenvalue weighted by molar-refractivity contribution is 5.83. The topological polar surface area (TPSA) is 32.3 Å². The van der Waals surface area contributed by atoms with Crippen molar-refractivity contribution in [1.82, 2.24) is 10.2 Å². The first-order valence-electron chi connectivity index (χ1n) is 8.15. The number of hydrogen-bond donors (Lipinski definition) is 1. The average Bonchev–Trinajstić information content (AvgIpc) is 2.52. The van der Waals surface area contributed by atoms with Gasteiger partial charge in [-0.3, -0.25) is 4.79 Å². The molecule has 1 saturated heterocycles. The van der Waals surface area contributed by atoms with Crippen molar-refractivity contribution in [2.75, 3.05) is 19.6 Å². The van der Waals surface area contributed by atoms with Gasteiger partial charge in [-0.2, -0.15) is 0 Å². The summed E-state index contributed by atoms with van der Waals surface area (Å²) < 4.78 is 0. The minimum atomic E-state index is -0.0389. The molecule has 0 saturated carbocycles. The third-order valence-electron chi connectivity index (χ3n) is 4.32. The van der Waals surface area contributed by atoms with E-state index in [0.29, 0.717) is 12.0 Å². The lowest BCUT2D eigenvalue weighted by molar-refractivity contribution is -0.134. The van der Waals surface area contributed by atoms with E-state index in [1.165, 1.54) is 6.42 Å². The van der Waals surface area contributed by atoms with Crippen LogP contribution in [-0.2, 0) is 4.79 Å². The van der Waals surface area contributed by atoms with Crippen LogP contribution >= 0.6 is 0 Å². The molecule has 1 aliphatic heterocycles. The second kappa shape index (κ2) is 7.60. The number of amides is 1. The van der Waals surface area contributed by atoms with Gasteiger partial charge in [-0.15, -0.1) is 0 Å². The summed E-state index contributed by atoms with van der Waals surface area (Å²) in [5, 5.41) is 3.50. The van der Waals surface area contributed by atoms with Crippen molar-refractivity contribution in [3.8, 4) is 0 Å². The summed E-state index contributed by atoms with van der Waals surface area (Å²) in [5.41, 5.74) is 1.12. The Morgan fingerprint density at radius 3 is 2.67 bits per heavy atom. The molecule has 0 spiro atoms. The average molecular weight is 288 g/mol. The van der Waals surface area contributed by atoms with Gasteiger partial charge in [0.2, 0.25) is 5.91 Å². The predicted octanol–water partition coefficient (Wildman–Crippen LogP) is 3.03. The smallest absolute Gasteiger partial charge is 0.229 e. The SMILES string of the molecule is CC(C)NCC1CCCN(C(=O)C(C)c2ccccc2)C1. The Bertz CT molecular complexity index is 444. The standard InChI is InChI=1S/C18H28N2O/c1-14(2)19-12-16-8-7-11-20(13-16)18(21)15(3)17-9-5-4-6-10-17/h4-6,9-10,14-16,19H,7-8,11-13H2,1-3H3. The number of hydrogen-bond acceptors (Lipinski definition) is 2. The molecule has 0 bridgehead atoms. The second-order valence-corrected chi connectivity index (χ2v) is 6.49. The van der Waals surface area contributed by atoms with Gasteiger partial charge in [-0.05, 0) is 37.8 Å². The van der Waals surface area contributed by atoms with Gasteiger partial charge in [0, 0.05) is 19.1 Å². The molecular weight excluding hydrogens is 260 g/mol. The Balaban J connectivity index is 1.92. The molecule has 1 fully saturated rings. The Morgan fingerprint density at radius 1 is 1.29 bits per heavy atom. The van der Waals surface area contributed by atoms with E-state index in [0.717, 1.165) is 31.6 Å². The van der Waals surface area contributed by atoms with Crippen LogP contribution in [0.1, 0.15) is 45.1 Å². The summed E-state index contributed by atoms with van der Waals surface area (Å²) in [4.78, 5) is 14.8. The van der Waals surface area contributed by atoms with Gasteiger partial charge in [0.15, 0.2) is 0 Å². The molecular formula is C18H28N2O. The fraction of sp³-hybridized carbons (Fsp3) is 0.611. The highest BCUT2D eigenvalue weighted by Gasteiger charge is 2.27. The van der Waals surface area contributed by atoms with E-state index < -0.39 is 0 Å². The van der Waals surface area contributed by atoms with E-state index in [9.17, 15) is 4.79 Å². The van der Waals surface area contributed by atoms with Crippen LogP contribution in [0.4, 0.5) is 0 Å². The van der Waals surface area contributed by atoms with E-state index in [4.69, 9.17) is 0 Å². The Hall–Kier alpha value is -1.35. The van der Waals surface area contributed by atoms with E-state index in [1.54, 1.807) is 0 Å². The zero-order chi connectivity index (χ0) is 15.2. The van der Waals surface area contributed by atoms with Gasteiger partial charge in [-0.25, -0.2) is 0 Å². The van der Waals surface area contributed by atoms with Crippen LogP contribution in [0.15, 0.2) is 30.3 Å². The first-order valence-corrected chi connectivity index (χ1v) is 8.15. The summed E-state index contributed by atoms with van der Waals surface area (Å²) in [6, 6.07) is 10.6. The predicted molar refractivity (Wildman–Crippen MR) is 87.3 cm³/mol. The molecule has 2 unspecified atom stereocenters. The van der Waals surface area contributed by atoms with Gasteiger partial charge in [0.25, 0.3) is 0 Å². The summed E-state index contributed by atoms with van der Waals surface area (Å²) in [5.74, 6) is 0.825. The highest BCUT2D eigenvalue weighted by Crippen LogP contribution is 2.22. The molecule has 1 aliphatic rings. The van der Waals surface area contributed by atoms with Crippen molar-refractivity contribution in [2.24, 2.45) is 5.92 Å². The fourth-order valence-corrected chi connectivity index (χ4v) is 2.99. The normalized spacial score (nSPS) is 20.6. The molecule has 3 heteroatoms. The number of likely N-dealkylation sites (tertiary alicyclic amines) is 1. The lowest BCUT2D eigenvalue weighted by Gasteiger charge is -2.35. The molecule has 0 radical (unpaired) electrons. The molecule has 1 aromatic carbocycles. The van der Waals surface area contributed by atoms with E-state index in [1.807, 2.05) is 37.3 Å². The van der Waals surface area contributed by atoms with Crippen molar-refractivity contribution < 1.29 is 4.79 Å². The summed E-state index contributed by atoms with van der Waals surface area (Å²) in [7, 11) is 0. The van der Waals surface area contributed by atoms with Crippen molar-refractivity contribution in [1.29, 1.82) is 0 Å². The molecule has 1 N–H and O–H groups in total. The third kappa shape index (κ3) is 4.57. The molecule has 1 heterocycles. The maximum atomic E-state index is 12.7. The van der Waals surface area contributed by atoms with Gasteiger partial charge in [0.1, 0.15) is 0 Å². The second-order valence-electron chi connectivity index (χ2n) is 6.49. The fourth-order valence-electron chi connectivity index (χ4n) is 2.99. The van der Waals surface area contributed by atoms with Gasteiger partial charge in [0.05, 0.1) is 5.92 Å². The van der Waals surface area contributed by atoms with Crippen LogP contribution in [0.2, 0.25) is 0 Å². The molecule has 2 atom stereocenters. The van der Waals surface area contributed by atoms with Crippen LogP contribution in [0.5, 0.6) is 0 Å². The molecule has 116 valence electrons. The highest BCUT2D eigenvalue weighted by atomic mass is 16.2. The van der Waals surface area contributed by atoms with Gasteiger partial charge < -0.3 is 10.2 Å². The monoisotopic (exact) mass is 288 g/mol. The molecule has 1 amide bonds. The molecule has 21 heavy (non-hydrogen) atoms. The Morgan fingerprint density at radius 2 is 2.00 bits per heavy atom. The zero-order valence-corrected chi connectivity index (χ0v) is 13.5. The van der Waals surface area contributed by atoms with Crippen LogP contribution < -0.4 is 5.32 Å².